The van der Waals surface area contributed by atoms with Crippen molar-refractivity contribution in [2.24, 2.45) is 0 Å². The van der Waals surface area contributed by atoms with Crippen molar-refractivity contribution in [3.63, 3.8) is 0 Å². The average Bonchev–Trinajstić information content (AvgIpc) is 2.93. The molecule has 0 saturated carbocycles. The molecule has 2 rings (SSSR count). The number of aryl methyl sites for hydroxylation is 3. The van der Waals surface area contributed by atoms with Crippen LogP contribution >= 0.6 is 0 Å². The Kier molecular flexibility index (Phi) is 7.34. The minimum Gasteiger partial charge on any atom is -0.462 e. The fourth-order valence-corrected chi connectivity index (χ4v) is 3.33. The summed E-state index contributed by atoms with van der Waals surface area (Å²) in [5.74, 6) is -1.11. The Hall–Kier alpha value is -2.93. The number of nitrogens with one attached hydrogen (secondary N) is 2. The normalized spacial score (nSPS) is 11.8. The highest BCUT2D eigenvalue weighted by molar-refractivity contribution is 6.10. The number of quaternary nitrogens is 1. The molecule has 1 aromatic heterocycles. The number of furan rings is 1. The maximum atomic E-state index is 12.5. The van der Waals surface area contributed by atoms with Crippen molar-refractivity contribution < 1.29 is 28.4 Å². The molecule has 0 aliphatic carbocycles. The first-order chi connectivity index (χ1) is 13.6. The second-order valence-electron chi connectivity index (χ2n) is 7.30. The molecule has 0 saturated heterocycles. The van der Waals surface area contributed by atoms with E-state index >= 15 is 0 Å². The molecule has 0 radical (unpaired) electrons. The van der Waals surface area contributed by atoms with Gasteiger partial charge < -0.3 is 14.1 Å². The van der Waals surface area contributed by atoms with Gasteiger partial charge in [0.15, 0.2) is 12.3 Å². The maximum Gasteiger partial charge on any atom is 0.344 e. The standard InChI is InChI=1S/C22H28N2O5/c1-7-28-22(27)20-19(15(4)25)16(5)29-21(20)23-18(26)12-24(6)11-17-9-8-13(2)10-14(17)3/h8-10H,7,11-12H2,1-6H3,(H,23,26)/p+1. The van der Waals surface area contributed by atoms with Crippen LogP contribution in [0.15, 0.2) is 22.6 Å². The summed E-state index contributed by atoms with van der Waals surface area (Å²) in [7, 11) is 1.92. The topological polar surface area (TPSA) is 90.0 Å². The number of ether oxygens (including phenoxy) is 1. The number of likely N-dealkylation sites (N-methyl/N-ethyl adjacent to an activating group) is 1. The van der Waals surface area contributed by atoms with Crippen molar-refractivity contribution in [1.82, 2.24) is 0 Å². The van der Waals surface area contributed by atoms with Crippen LogP contribution in [0.3, 0.4) is 0 Å². The molecule has 0 spiro atoms. The summed E-state index contributed by atoms with van der Waals surface area (Å²) >= 11 is 0. The van der Waals surface area contributed by atoms with Gasteiger partial charge in [-0.05, 0) is 40.2 Å². The van der Waals surface area contributed by atoms with Crippen molar-refractivity contribution in [2.75, 3.05) is 25.5 Å². The number of benzene rings is 1. The molecular formula is C22H29N2O5+. The predicted molar refractivity (Wildman–Crippen MR) is 109 cm³/mol. The molecule has 0 bridgehead atoms. The lowest BCUT2D eigenvalue weighted by molar-refractivity contribution is -0.885. The van der Waals surface area contributed by atoms with E-state index in [2.05, 4.69) is 30.4 Å². The number of ketones is 1. The van der Waals surface area contributed by atoms with Gasteiger partial charge >= 0.3 is 5.97 Å². The quantitative estimate of drug-likeness (QED) is 0.523. The molecule has 1 amide bonds. The summed E-state index contributed by atoms with van der Waals surface area (Å²) in [5, 5.41) is 2.63. The molecule has 7 heteroatoms. The lowest BCUT2D eigenvalue weighted by Crippen LogP contribution is -3.08. The molecule has 0 aliphatic rings. The molecule has 1 unspecified atom stereocenters. The van der Waals surface area contributed by atoms with Gasteiger partial charge in [0.25, 0.3) is 5.91 Å². The Bertz CT molecular complexity index is 930. The van der Waals surface area contributed by atoms with Gasteiger partial charge in [-0.15, -0.1) is 0 Å². The number of carbonyl (C=O) groups excluding carboxylic acids is 3. The van der Waals surface area contributed by atoms with Crippen LogP contribution in [0.4, 0.5) is 5.88 Å². The Labute approximate surface area is 171 Å². The summed E-state index contributed by atoms with van der Waals surface area (Å²) in [6.07, 6.45) is 0. The highest BCUT2D eigenvalue weighted by atomic mass is 16.5. The van der Waals surface area contributed by atoms with E-state index in [0.29, 0.717) is 6.54 Å². The number of hydrogen-bond donors (Lipinski definition) is 2. The number of hydrogen-bond acceptors (Lipinski definition) is 5. The lowest BCUT2D eigenvalue weighted by Gasteiger charge is -2.15. The highest BCUT2D eigenvalue weighted by Gasteiger charge is 2.29. The fourth-order valence-electron chi connectivity index (χ4n) is 3.33. The van der Waals surface area contributed by atoms with Crippen LogP contribution in [0, 0.1) is 20.8 Å². The summed E-state index contributed by atoms with van der Waals surface area (Å²) < 4.78 is 10.5. The third-order valence-corrected chi connectivity index (χ3v) is 4.62. The Morgan fingerprint density at radius 2 is 1.83 bits per heavy atom. The summed E-state index contributed by atoms with van der Waals surface area (Å²) in [6.45, 7) is 9.68. The molecular weight excluding hydrogens is 372 g/mol. The molecule has 1 aromatic carbocycles. The minimum atomic E-state index is -0.694. The van der Waals surface area contributed by atoms with Crippen LogP contribution in [-0.4, -0.2) is 37.9 Å². The number of esters is 1. The van der Waals surface area contributed by atoms with Crippen LogP contribution in [0.2, 0.25) is 0 Å². The molecule has 2 N–H and O–H groups in total. The fraction of sp³-hybridized carbons (Fsp3) is 0.409. The van der Waals surface area contributed by atoms with E-state index in [1.165, 1.54) is 23.6 Å². The minimum absolute atomic E-state index is 0.0303. The second-order valence-corrected chi connectivity index (χ2v) is 7.30. The number of rotatable bonds is 8. The van der Waals surface area contributed by atoms with Crippen LogP contribution in [0.25, 0.3) is 0 Å². The van der Waals surface area contributed by atoms with Crippen molar-refractivity contribution in [3.05, 3.63) is 51.8 Å². The monoisotopic (exact) mass is 401 g/mol. The van der Waals surface area contributed by atoms with E-state index < -0.39 is 5.97 Å². The van der Waals surface area contributed by atoms with Crippen LogP contribution in [0.1, 0.15) is 57.0 Å². The Balaban J connectivity index is 2.14. The number of carbonyl (C=O) groups is 3. The molecule has 0 fully saturated rings. The van der Waals surface area contributed by atoms with Gasteiger partial charge in [0.1, 0.15) is 17.9 Å². The molecule has 156 valence electrons. The number of Topliss-reactive ketones (excluding diaryl/α,β-unsaturated/α-hetero) is 1. The zero-order valence-corrected chi connectivity index (χ0v) is 17.9. The second kappa shape index (κ2) is 9.52. The first-order valence-electron chi connectivity index (χ1n) is 9.62. The van der Waals surface area contributed by atoms with E-state index in [9.17, 15) is 14.4 Å². The van der Waals surface area contributed by atoms with Crippen molar-refractivity contribution in [3.8, 4) is 0 Å². The number of amides is 1. The third kappa shape index (κ3) is 5.54. The Morgan fingerprint density at radius 3 is 2.41 bits per heavy atom. The van der Waals surface area contributed by atoms with Crippen LogP contribution < -0.4 is 10.2 Å². The van der Waals surface area contributed by atoms with Gasteiger partial charge in [-0.25, -0.2) is 4.79 Å². The van der Waals surface area contributed by atoms with E-state index in [4.69, 9.17) is 9.15 Å². The summed E-state index contributed by atoms with van der Waals surface area (Å²) in [6, 6.07) is 6.24. The molecule has 1 atom stereocenters. The molecule has 1 heterocycles. The number of anilines is 1. The van der Waals surface area contributed by atoms with E-state index in [1.807, 2.05) is 14.0 Å². The third-order valence-electron chi connectivity index (χ3n) is 4.62. The van der Waals surface area contributed by atoms with Gasteiger partial charge in [-0.2, -0.15) is 0 Å². The van der Waals surface area contributed by atoms with Crippen molar-refractivity contribution >= 4 is 23.5 Å². The molecule has 0 aliphatic heterocycles. The highest BCUT2D eigenvalue weighted by Crippen LogP contribution is 2.28. The first-order valence-corrected chi connectivity index (χ1v) is 9.62. The van der Waals surface area contributed by atoms with E-state index in [-0.39, 0.29) is 47.6 Å². The largest absolute Gasteiger partial charge is 0.462 e. The SMILES string of the molecule is CCOC(=O)c1c(NC(=O)C[NH+](C)Cc2ccc(C)cc2C)oc(C)c1C(C)=O. The van der Waals surface area contributed by atoms with Gasteiger partial charge in [0, 0.05) is 5.56 Å². The summed E-state index contributed by atoms with van der Waals surface area (Å²) in [5.41, 5.74) is 3.65. The Morgan fingerprint density at radius 1 is 1.14 bits per heavy atom. The predicted octanol–water partition coefficient (Wildman–Crippen LogP) is 2.24. The van der Waals surface area contributed by atoms with Gasteiger partial charge in [-0.3, -0.25) is 14.9 Å². The van der Waals surface area contributed by atoms with Gasteiger partial charge in [0.05, 0.1) is 19.2 Å². The molecule has 7 nitrogen and oxygen atoms in total. The van der Waals surface area contributed by atoms with E-state index in [0.717, 1.165) is 4.90 Å². The molecule has 29 heavy (non-hydrogen) atoms. The average molecular weight is 401 g/mol. The van der Waals surface area contributed by atoms with Crippen LogP contribution in [-0.2, 0) is 16.1 Å². The lowest BCUT2D eigenvalue weighted by atomic mass is 10.1. The van der Waals surface area contributed by atoms with Gasteiger partial charge in [0.2, 0.25) is 5.88 Å². The summed E-state index contributed by atoms with van der Waals surface area (Å²) in [4.78, 5) is 37.8. The molecule has 2 aromatic rings. The van der Waals surface area contributed by atoms with Gasteiger partial charge in [-0.1, -0.05) is 23.8 Å². The smallest absolute Gasteiger partial charge is 0.344 e. The van der Waals surface area contributed by atoms with Crippen molar-refractivity contribution in [1.29, 1.82) is 0 Å². The van der Waals surface area contributed by atoms with Crippen LogP contribution in [0.5, 0.6) is 0 Å². The zero-order chi connectivity index (χ0) is 21.7. The maximum absolute atomic E-state index is 12.5. The van der Waals surface area contributed by atoms with Crippen molar-refractivity contribution in [2.45, 2.75) is 41.2 Å². The first kappa shape index (κ1) is 22.4. The zero-order valence-electron chi connectivity index (χ0n) is 17.9. The van der Waals surface area contributed by atoms with E-state index in [1.54, 1.807) is 13.8 Å².